The van der Waals surface area contributed by atoms with E-state index in [1.807, 2.05) is 0 Å². The monoisotopic (exact) mass is 358 g/mol. The van der Waals surface area contributed by atoms with Crippen LogP contribution in [0.1, 0.15) is 16.8 Å². The van der Waals surface area contributed by atoms with Crippen LogP contribution in [0.15, 0.2) is 6.33 Å². The van der Waals surface area contributed by atoms with Crippen molar-refractivity contribution in [2.24, 2.45) is 5.73 Å². The minimum atomic E-state index is -4.73. The molecule has 0 unspecified atom stereocenters. The number of aromatic nitrogens is 3. The van der Waals surface area contributed by atoms with Crippen LogP contribution < -0.4 is 18.0 Å². The van der Waals surface area contributed by atoms with Crippen molar-refractivity contribution < 1.29 is 38.6 Å². The molecule has 1 fully saturated rings. The summed E-state index contributed by atoms with van der Waals surface area (Å²) >= 11 is 0. The van der Waals surface area contributed by atoms with Crippen molar-refractivity contribution in [3.63, 3.8) is 0 Å². The predicted octanol–water partition coefficient (Wildman–Crippen LogP) is -2.57. The number of nitrogens with two attached hydrogens (primary N) is 1. The molecule has 0 spiro atoms. The number of primary amides is 1. The summed E-state index contributed by atoms with van der Waals surface area (Å²) < 4.78 is 21.0. The highest BCUT2D eigenvalue weighted by atomic mass is 31.2. The summed E-state index contributed by atoms with van der Waals surface area (Å²) in [6.07, 6.45) is -4.27. The van der Waals surface area contributed by atoms with Crippen molar-refractivity contribution in [2.45, 2.75) is 24.5 Å². The maximum absolute atomic E-state index is 10.9. The molecule has 0 saturated carbocycles. The molecule has 0 bridgehead atoms. The Bertz CT molecular complexity index is 577. The molecule has 23 heavy (non-hydrogen) atoms. The van der Waals surface area contributed by atoms with E-state index in [1.54, 1.807) is 0 Å². The van der Waals surface area contributed by atoms with Crippen LogP contribution in [-0.4, -0.2) is 65.6 Å². The van der Waals surface area contributed by atoms with Gasteiger partial charge in [-0.05, 0) is 0 Å². The van der Waals surface area contributed by atoms with Gasteiger partial charge in [-0.1, -0.05) is 0 Å². The molecule has 4 atom stereocenters. The lowest BCUT2D eigenvalue weighted by Gasteiger charge is -2.14. The topological polar surface area (TPSA) is 260 Å². The highest BCUT2D eigenvalue weighted by Gasteiger charge is 2.45. The smallest absolute Gasteiger partial charge is 0.387 e. The fraction of sp³-hybridized carbons (Fsp3) is 0.625. The van der Waals surface area contributed by atoms with E-state index < -0.39 is 44.9 Å². The second-order valence-corrected chi connectivity index (χ2v) is 5.48. The molecule has 1 aliphatic rings. The Balaban J connectivity index is 0.00000242. The van der Waals surface area contributed by atoms with Gasteiger partial charge in [-0.25, -0.2) is 14.2 Å². The first-order chi connectivity index (χ1) is 9.69. The maximum Gasteiger partial charge on any atom is 0.469 e. The number of ether oxygens (including phenoxy) is 1. The number of aliphatic hydroxyl groups excluding tert-OH is 2. The Hall–Kier alpha value is -1.48. The van der Waals surface area contributed by atoms with Crippen LogP contribution in [0.5, 0.6) is 0 Å². The van der Waals surface area contributed by atoms with Gasteiger partial charge in [0.25, 0.3) is 5.91 Å². The molecule has 1 aliphatic heterocycles. The zero-order valence-electron chi connectivity index (χ0n) is 11.8. The summed E-state index contributed by atoms with van der Waals surface area (Å²) in [5.74, 6) is -1.20. The lowest BCUT2D eigenvalue weighted by atomic mass is 10.1. The van der Waals surface area contributed by atoms with Gasteiger partial charge in [-0.15, -0.1) is 5.10 Å². The Morgan fingerprint density at radius 3 is 2.48 bits per heavy atom. The second-order valence-electron chi connectivity index (χ2n) is 4.25. The number of carbonyl (C=O) groups is 1. The Morgan fingerprint density at radius 2 is 2.00 bits per heavy atom. The predicted molar refractivity (Wildman–Crippen MR) is 72.5 cm³/mol. The molecule has 0 radical (unpaired) electrons. The van der Waals surface area contributed by atoms with Crippen molar-refractivity contribution in [3.8, 4) is 0 Å². The van der Waals surface area contributed by atoms with Crippen LogP contribution in [0.3, 0.4) is 0 Å². The first kappa shape index (κ1) is 21.5. The van der Waals surface area contributed by atoms with Crippen LogP contribution in [-0.2, 0) is 13.8 Å². The maximum atomic E-state index is 10.9. The lowest BCUT2D eigenvalue weighted by Crippen LogP contribution is -2.33. The molecule has 1 aromatic heterocycles. The van der Waals surface area contributed by atoms with Crippen LogP contribution in [0.25, 0.3) is 0 Å². The largest absolute Gasteiger partial charge is 0.469 e. The van der Waals surface area contributed by atoms with Crippen LogP contribution in [0.2, 0.25) is 0 Å². The van der Waals surface area contributed by atoms with Gasteiger partial charge in [-0.3, -0.25) is 9.32 Å². The highest BCUT2D eigenvalue weighted by Crippen LogP contribution is 2.38. The average Bonchev–Trinajstić information content (AvgIpc) is 2.94. The lowest BCUT2D eigenvalue weighted by molar-refractivity contribution is -0.0581. The van der Waals surface area contributed by atoms with Crippen molar-refractivity contribution in [2.75, 3.05) is 6.61 Å². The molecule has 0 aromatic carbocycles. The molecule has 134 valence electrons. The van der Waals surface area contributed by atoms with Crippen molar-refractivity contribution >= 4 is 13.7 Å². The second kappa shape index (κ2) is 7.87. The van der Waals surface area contributed by atoms with E-state index in [0.717, 1.165) is 11.0 Å². The standard InChI is InChI=1S/C8H13N4O8P.2H3N/c9-6(15)7-10-2-12(11-7)8-5(14)4(13)3(20-8)1-19-21(16,17)18;;/h2-5,8,13-14H,1H2,(H2,9,15)(H2,16,17,18);2*1H3/t3-,4-,5-,8-;;/m1../s1. The number of aliphatic hydroxyl groups is 2. The zero-order valence-corrected chi connectivity index (χ0v) is 12.7. The van der Waals surface area contributed by atoms with Gasteiger partial charge in [0.05, 0.1) is 6.61 Å². The fourth-order valence-electron chi connectivity index (χ4n) is 1.77. The van der Waals surface area contributed by atoms with Crippen LogP contribution >= 0.6 is 7.82 Å². The van der Waals surface area contributed by atoms with Gasteiger partial charge in [0.15, 0.2) is 6.23 Å². The third kappa shape index (κ3) is 5.00. The number of phosphoric ester groups is 1. The number of carbonyl (C=O) groups excluding carboxylic acids is 1. The number of nitrogens with zero attached hydrogens (tertiary/aromatic N) is 3. The SMILES string of the molecule is N.N.NC(=O)c1ncn([C@@H]2O[C@H](COP(=O)(O)O)[C@@H](O)[C@H]2O)n1. The summed E-state index contributed by atoms with van der Waals surface area (Å²) in [7, 11) is -4.73. The summed E-state index contributed by atoms with van der Waals surface area (Å²) in [6, 6.07) is 0. The fourth-order valence-corrected chi connectivity index (χ4v) is 2.11. The summed E-state index contributed by atoms with van der Waals surface area (Å²) in [4.78, 5) is 31.6. The van der Waals surface area contributed by atoms with E-state index in [2.05, 4.69) is 14.6 Å². The molecule has 12 N–H and O–H groups in total. The molecule has 15 heteroatoms. The summed E-state index contributed by atoms with van der Waals surface area (Å²) in [6.45, 7) is -0.642. The van der Waals surface area contributed by atoms with E-state index >= 15 is 0 Å². The van der Waals surface area contributed by atoms with E-state index in [-0.39, 0.29) is 18.1 Å². The third-order valence-electron chi connectivity index (χ3n) is 2.73. The molecule has 0 aliphatic carbocycles. The van der Waals surface area contributed by atoms with Gasteiger partial charge < -0.3 is 42.8 Å². The molecule has 1 saturated heterocycles. The first-order valence-corrected chi connectivity index (χ1v) is 7.14. The van der Waals surface area contributed by atoms with Crippen molar-refractivity contribution in [1.29, 1.82) is 0 Å². The van der Waals surface area contributed by atoms with Crippen LogP contribution in [0.4, 0.5) is 0 Å². The zero-order chi connectivity index (χ0) is 15.8. The van der Waals surface area contributed by atoms with E-state index in [4.69, 9.17) is 20.3 Å². The molecule has 1 aromatic rings. The number of rotatable bonds is 5. The van der Waals surface area contributed by atoms with E-state index in [9.17, 15) is 19.6 Å². The quantitative estimate of drug-likeness (QED) is 0.268. The van der Waals surface area contributed by atoms with Gasteiger partial charge in [0.2, 0.25) is 5.82 Å². The minimum Gasteiger partial charge on any atom is -0.387 e. The number of amides is 1. The third-order valence-corrected chi connectivity index (χ3v) is 3.22. The number of phosphoric acid groups is 1. The first-order valence-electron chi connectivity index (χ1n) is 5.61. The molecule has 2 rings (SSSR count). The summed E-state index contributed by atoms with van der Waals surface area (Å²) in [5, 5.41) is 23.2. The number of hydrogen-bond donors (Lipinski definition) is 7. The molecule has 14 nitrogen and oxygen atoms in total. The van der Waals surface area contributed by atoms with Gasteiger partial charge in [0, 0.05) is 0 Å². The van der Waals surface area contributed by atoms with Gasteiger partial charge in [0.1, 0.15) is 24.6 Å². The average molecular weight is 358 g/mol. The molecule has 1 amide bonds. The van der Waals surface area contributed by atoms with Gasteiger partial charge in [-0.2, -0.15) is 0 Å². The molecular weight excluding hydrogens is 339 g/mol. The van der Waals surface area contributed by atoms with E-state index in [0.29, 0.717) is 0 Å². The van der Waals surface area contributed by atoms with Gasteiger partial charge >= 0.3 is 7.82 Å². The van der Waals surface area contributed by atoms with Crippen LogP contribution in [0, 0.1) is 0 Å². The molecule has 2 heterocycles. The Labute approximate surface area is 129 Å². The Morgan fingerprint density at radius 1 is 1.39 bits per heavy atom. The van der Waals surface area contributed by atoms with E-state index in [1.165, 1.54) is 0 Å². The van der Waals surface area contributed by atoms with Crippen molar-refractivity contribution in [1.82, 2.24) is 27.1 Å². The van der Waals surface area contributed by atoms with Crippen molar-refractivity contribution in [3.05, 3.63) is 12.2 Å². The number of hydrogen-bond acceptors (Lipinski definition) is 10. The highest BCUT2D eigenvalue weighted by molar-refractivity contribution is 7.46. The summed E-state index contributed by atoms with van der Waals surface area (Å²) in [5.41, 5.74) is 4.97. The Kier molecular flexibility index (Phi) is 7.36. The molecular formula is C8H19N6O8P. The normalized spacial score (nSPS) is 27.1. The minimum absolute atomic E-state index is 0.